The second kappa shape index (κ2) is 11.7. The Labute approximate surface area is 218 Å². The molecule has 3 amide bonds. The molecule has 9 nitrogen and oxygen atoms in total. The number of hydrogen-bond donors (Lipinski definition) is 2. The minimum atomic E-state index is -4.41. The van der Waals surface area contributed by atoms with Gasteiger partial charge in [0.25, 0.3) is 0 Å². The molecule has 2 saturated heterocycles. The summed E-state index contributed by atoms with van der Waals surface area (Å²) in [6.07, 6.45) is -4.60. The molecule has 0 bridgehead atoms. The maximum atomic E-state index is 13.2. The van der Waals surface area contributed by atoms with Gasteiger partial charge in [-0.25, -0.2) is 0 Å². The quantitative estimate of drug-likeness (QED) is 0.567. The Morgan fingerprint density at radius 3 is 2.42 bits per heavy atom. The fourth-order valence-electron chi connectivity index (χ4n) is 4.60. The second-order valence-corrected chi connectivity index (χ2v) is 9.19. The van der Waals surface area contributed by atoms with Crippen LogP contribution in [0.25, 0.3) is 0 Å². The summed E-state index contributed by atoms with van der Waals surface area (Å²) in [6.45, 7) is 2.51. The van der Waals surface area contributed by atoms with Gasteiger partial charge in [0.2, 0.25) is 17.7 Å². The third-order valence-corrected chi connectivity index (χ3v) is 6.67. The molecule has 1 atom stereocenters. The van der Waals surface area contributed by atoms with Gasteiger partial charge in [0, 0.05) is 50.6 Å². The van der Waals surface area contributed by atoms with Crippen LogP contribution in [0.5, 0.6) is 5.75 Å². The summed E-state index contributed by atoms with van der Waals surface area (Å²) in [6, 6.07) is 11.0. The molecule has 0 aliphatic carbocycles. The minimum Gasteiger partial charge on any atom is -0.497 e. The molecule has 38 heavy (non-hydrogen) atoms. The average Bonchev–Trinajstić information content (AvgIpc) is 2.90. The van der Waals surface area contributed by atoms with Crippen LogP contribution in [0.15, 0.2) is 48.5 Å². The molecule has 2 fully saturated rings. The molecule has 0 unspecified atom stereocenters. The number of ether oxygens (including phenoxy) is 1. The maximum absolute atomic E-state index is 13.2. The normalized spacial score (nSPS) is 18.6. The standard InChI is InChI=1S/C26H30F3N5O4/c1-38-21-7-5-19(6-8-21)31-23(35)16-22-25(37)30-9-10-34(22)24(36)17-32-11-13-33(14-12-32)20-4-2-3-18(15-20)26(27,28)29/h2-8,15,22H,9-14,16-17H2,1H3,(H,30,37)(H,31,35)/t22-/m0/s1. The summed E-state index contributed by atoms with van der Waals surface area (Å²) in [4.78, 5) is 43.6. The first kappa shape index (κ1) is 27.2. The highest BCUT2D eigenvalue weighted by Gasteiger charge is 2.36. The number of rotatable bonds is 7. The van der Waals surface area contributed by atoms with Crippen molar-refractivity contribution in [3.63, 3.8) is 0 Å². The monoisotopic (exact) mass is 533 g/mol. The van der Waals surface area contributed by atoms with E-state index in [9.17, 15) is 27.6 Å². The number of carbonyl (C=O) groups is 3. The zero-order chi connectivity index (χ0) is 27.3. The molecule has 4 rings (SSSR count). The molecule has 12 heteroatoms. The third kappa shape index (κ3) is 6.74. The number of amides is 3. The van der Waals surface area contributed by atoms with Crippen LogP contribution >= 0.6 is 0 Å². The number of carbonyl (C=O) groups excluding carboxylic acids is 3. The average molecular weight is 534 g/mol. The summed E-state index contributed by atoms with van der Waals surface area (Å²) in [5.74, 6) is -0.412. The van der Waals surface area contributed by atoms with Crippen LogP contribution in [-0.4, -0.2) is 86.5 Å². The topological polar surface area (TPSA) is 94.2 Å². The molecule has 0 spiro atoms. The number of nitrogens with zero attached hydrogens (tertiary/aromatic N) is 3. The highest BCUT2D eigenvalue weighted by molar-refractivity contribution is 5.97. The van der Waals surface area contributed by atoms with E-state index in [0.29, 0.717) is 49.8 Å². The van der Waals surface area contributed by atoms with E-state index in [-0.39, 0.29) is 31.3 Å². The first-order chi connectivity index (χ1) is 18.1. The van der Waals surface area contributed by atoms with Crippen molar-refractivity contribution in [3.05, 3.63) is 54.1 Å². The number of anilines is 2. The van der Waals surface area contributed by atoms with Crippen LogP contribution in [0.4, 0.5) is 24.5 Å². The van der Waals surface area contributed by atoms with Gasteiger partial charge in [-0.15, -0.1) is 0 Å². The Kier molecular flexibility index (Phi) is 8.40. The van der Waals surface area contributed by atoms with E-state index in [1.165, 1.54) is 18.1 Å². The zero-order valence-electron chi connectivity index (χ0n) is 21.0. The number of alkyl halides is 3. The van der Waals surface area contributed by atoms with Crippen LogP contribution < -0.4 is 20.3 Å². The van der Waals surface area contributed by atoms with Crippen molar-refractivity contribution in [1.82, 2.24) is 15.1 Å². The van der Waals surface area contributed by atoms with Gasteiger partial charge in [0.1, 0.15) is 11.8 Å². The number of halogens is 3. The van der Waals surface area contributed by atoms with Gasteiger partial charge >= 0.3 is 6.18 Å². The van der Waals surface area contributed by atoms with Crippen molar-refractivity contribution in [1.29, 1.82) is 0 Å². The van der Waals surface area contributed by atoms with E-state index in [2.05, 4.69) is 10.6 Å². The first-order valence-electron chi connectivity index (χ1n) is 12.3. The van der Waals surface area contributed by atoms with Crippen LogP contribution in [-0.2, 0) is 20.6 Å². The molecule has 0 saturated carbocycles. The second-order valence-electron chi connectivity index (χ2n) is 9.19. The van der Waals surface area contributed by atoms with Gasteiger partial charge in [0.05, 0.1) is 25.6 Å². The Bertz CT molecular complexity index is 1150. The summed E-state index contributed by atoms with van der Waals surface area (Å²) in [5, 5.41) is 5.45. The zero-order valence-corrected chi connectivity index (χ0v) is 21.0. The lowest BCUT2D eigenvalue weighted by atomic mass is 10.1. The smallest absolute Gasteiger partial charge is 0.416 e. The van der Waals surface area contributed by atoms with Crippen molar-refractivity contribution in [2.45, 2.75) is 18.6 Å². The van der Waals surface area contributed by atoms with Crippen LogP contribution in [0.1, 0.15) is 12.0 Å². The van der Waals surface area contributed by atoms with E-state index in [0.717, 1.165) is 12.1 Å². The number of benzene rings is 2. The molecule has 2 N–H and O–H groups in total. The minimum absolute atomic E-state index is 0.0559. The van der Waals surface area contributed by atoms with E-state index in [4.69, 9.17) is 4.74 Å². The van der Waals surface area contributed by atoms with Gasteiger partial charge < -0.3 is 25.2 Å². The number of nitrogens with one attached hydrogen (secondary N) is 2. The third-order valence-electron chi connectivity index (χ3n) is 6.67. The number of methoxy groups -OCH3 is 1. The molecule has 204 valence electrons. The highest BCUT2D eigenvalue weighted by atomic mass is 19.4. The van der Waals surface area contributed by atoms with Gasteiger partial charge in [-0.3, -0.25) is 19.3 Å². The highest BCUT2D eigenvalue weighted by Crippen LogP contribution is 2.32. The van der Waals surface area contributed by atoms with Gasteiger partial charge in [-0.2, -0.15) is 13.2 Å². The van der Waals surface area contributed by atoms with Crippen molar-refractivity contribution in [3.8, 4) is 5.75 Å². The van der Waals surface area contributed by atoms with Crippen LogP contribution in [0, 0.1) is 0 Å². The molecule has 0 radical (unpaired) electrons. The van der Waals surface area contributed by atoms with Crippen molar-refractivity contribution in [2.75, 3.05) is 63.1 Å². The molecule has 2 aromatic rings. The largest absolute Gasteiger partial charge is 0.497 e. The number of hydrogen-bond acceptors (Lipinski definition) is 6. The number of piperazine rings is 2. The molecule has 2 heterocycles. The van der Waals surface area contributed by atoms with Crippen molar-refractivity contribution >= 4 is 29.1 Å². The lowest BCUT2D eigenvalue weighted by Gasteiger charge is -2.39. The van der Waals surface area contributed by atoms with Gasteiger partial charge in [-0.1, -0.05) is 6.07 Å². The van der Waals surface area contributed by atoms with Gasteiger partial charge in [-0.05, 0) is 42.5 Å². The Morgan fingerprint density at radius 1 is 1.05 bits per heavy atom. The lowest BCUT2D eigenvalue weighted by Crippen LogP contribution is -2.60. The molecule has 0 aromatic heterocycles. The van der Waals surface area contributed by atoms with E-state index in [1.807, 2.05) is 9.80 Å². The molecular formula is C26H30F3N5O4. The first-order valence-corrected chi connectivity index (χ1v) is 12.3. The lowest BCUT2D eigenvalue weighted by molar-refractivity contribution is -0.145. The van der Waals surface area contributed by atoms with Crippen LogP contribution in [0.3, 0.4) is 0 Å². The maximum Gasteiger partial charge on any atom is 0.416 e. The summed E-state index contributed by atoms with van der Waals surface area (Å²) >= 11 is 0. The van der Waals surface area contributed by atoms with Crippen molar-refractivity contribution < 1.29 is 32.3 Å². The van der Waals surface area contributed by atoms with E-state index < -0.39 is 23.7 Å². The predicted octanol–water partition coefficient (Wildman–Crippen LogP) is 2.19. The van der Waals surface area contributed by atoms with E-state index >= 15 is 0 Å². The summed E-state index contributed by atoms with van der Waals surface area (Å²) in [7, 11) is 1.54. The molecule has 2 aliphatic rings. The Hall–Kier alpha value is -3.80. The summed E-state index contributed by atoms with van der Waals surface area (Å²) < 4.78 is 44.3. The Morgan fingerprint density at radius 2 is 1.76 bits per heavy atom. The fourth-order valence-corrected chi connectivity index (χ4v) is 4.60. The predicted molar refractivity (Wildman–Crippen MR) is 135 cm³/mol. The molecule has 2 aromatic carbocycles. The summed E-state index contributed by atoms with van der Waals surface area (Å²) in [5.41, 5.74) is 0.336. The fraction of sp³-hybridized carbons (Fsp3) is 0.423. The molecule has 2 aliphatic heterocycles. The van der Waals surface area contributed by atoms with Crippen LogP contribution in [0.2, 0.25) is 0 Å². The molecular weight excluding hydrogens is 503 g/mol. The van der Waals surface area contributed by atoms with Crippen molar-refractivity contribution in [2.24, 2.45) is 0 Å². The SMILES string of the molecule is COc1ccc(NC(=O)C[C@H]2C(=O)NCCN2C(=O)CN2CCN(c3cccc(C(F)(F)F)c3)CC2)cc1. The Balaban J connectivity index is 1.32. The van der Waals surface area contributed by atoms with E-state index in [1.54, 1.807) is 30.3 Å². The van der Waals surface area contributed by atoms with Gasteiger partial charge in [0.15, 0.2) is 0 Å².